The molecule has 2 N–H and O–H groups in total. The third kappa shape index (κ3) is 2.14. The molecule has 120 valence electrons. The van der Waals surface area contributed by atoms with Crippen LogP contribution in [0.1, 0.15) is 25.7 Å². The lowest BCUT2D eigenvalue weighted by Gasteiger charge is -2.18. The summed E-state index contributed by atoms with van der Waals surface area (Å²) in [4.78, 5) is 38.0. The van der Waals surface area contributed by atoms with Gasteiger partial charge in [0.1, 0.15) is 6.54 Å². The Morgan fingerprint density at radius 3 is 2.45 bits per heavy atom. The molecule has 5 atom stereocenters. The Balaban J connectivity index is 1.35. The van der Waals surface area contributed by atoms with Crippen LogP contribution in [0.5, 0.6) is 0 Å². The zero-order valence-electron chi connectivity index (χ0n) is 12.4. The summed E-state index contributed by atoms with van der Waals surface area (Å²) < 4.78 is 5.67. The minimum absolute atomic E-state index is 0.123. The first kappa shape index (κ1) is 14.1. The number of amides is 3. The molecular weight excluding hydrogens is 286 g/mol. The number of hydrogen-bond donors (Lipinski definition) is 2. The fourth-order valence-electron chi connectivity index (χ4n) is 4.30. The maximum atomic E-state index is 12.4. The van der Waals surface area contributed by atoms with Gasteiger partial charge in [0.2, 0.25) is 17.7 Å². The second-order valence-electron chi connectivity index (χ2n) is 6.70. The quantitative estimate of drug-likeness (QED) is 0.652. The Morgan fingerprint density at radius 1 is 1.18 bits per heavy atom. The summed E-state index contributed by atoms with van der Waals surface area (Å²) in [5.41, 5.74) is 0. The van der Waals surface area contributed by atoms with E-state index in [1.807, 2.05) is 0 Å². The molecule has 0 saturated carbocycles. The monoisotopic (exact) mass is 307 g/mol. The van der Waals surface area contributed by atoms with Crippen molar-refractivity contribution in [1.29, 1.82) is 0 Å². The van der Waals surface area contributed by atoms with Crippen molar-refractivity contribution < 1.29 is 19.1 Å². The topological polar surface area (TPSA) is 87.7 Å². The van der Waals surface area contributed by atoms with Crippen molar-refractivity contribution in [2.75, 3.05) is 19.6 Å². The van der Waals surface area contributed by atoms with Crippen LogP contribution in [0.3, 0.4) is 0 Å². The van der Waals surface area contributed by atoms with Gasteiger partial charge in [-0.2, -0.15) is 0 Å². The molecular formula is C15H21N3O4. The van der Waals surface area contributed by atoms with Crippen molar-refractivity contribution in [3.05, 3.63) is 0 Å². The molecule has 0 aromatic heterocycles. The lowest BCUT2D eigenvalue weighted by molar-refractivity contribution is -0.146. The molecule has 0 radical (unpaired) electrons. The van der Waals surface area contributed by atoms with Crippen LogP contribution in [0.25, 0.3) is 0 Å². The molecule has 7 heteroatoms. The zero-order chi connectivity index (χ0) is 15.3. The Hall–Kier alpha value is -1.47. The highest BCUT2D eigenvalue weighted by atomic mass is 16.5. The standard InChI is InChI=1S/C15H21N3O4/c19-11(17-6-8-2-1-5-16-8)7-18-14(20)12-9-3-4-10(22-9)13(12)15(18)21/h8-10,12-13,16H,1-7H2,(H,17,19). The summed E-state index contributed by atoms with van der Waals surface area (Å²) >= 11 is 0. The number of nitrogens with zero attached hydrogens (tertiary/aromatic N) is 1. The van der Waals surface area contributed by atoms with E-state index in [-0.39, 0.29) is 48.3 Å². The highest BCUT2D eigenvalue weighted by molar-refractivity contribution is 6.08. The van der Waals surface area contributed by atoms with Crippen LogP contribution in [0, 0.1) is 11.8 Å². The van der Waals surface area contributed by atoms with Gasteiger partial charge < -0.3 is 15.4 Å². The Morgan fingerprint density at radius 2 is 1.86 bits per heavy atom. The van der Waals surface area contributed by atoms with Gasteiger partial charge >= 0.3 is 0 Å². The lowest BCUT2D eigenvalue weighted by Crippen LogP contribution is -2.45. The molecule has 7 nitrogen and oxygen atoms in total. The average molecular weight is 307 g/mol. The number of carbonyl (C=O) groups is 3. The molecule has 0 aromatic rings. The molecule has 22 heavy (non-hydrogen) atoms. The fourth-order valence-corrected chi connectivity index (χ4v) is 4.30. The average Bonchev–Trinajstić information content (AvgIpc) is 3.26. The van der Waals surface area contributed by atoms with E-state index in [0.29, 0.717) is 12.6 Å². The van der Waals surface area contributed by atoms with E-state index in [9.17, 15) is 14.4 Å². The van der Waals surface area contributed by atoms with E-state index in [1.54, 1.807) is 0 Å². The summed E-state index contributed by atoms with van der Waals surface area (Å²) in [6, 6.07) is 0.303. The number of fused-ring (bicyclic) bond motifs is 5. The SMILES string of the molecule is O=C(CN1C(=O)C2C3CCC(O3)C2C1=O)NCC1CCCN1. The molecule has 4 saturated heterocycles. The second-order valence-corrected chi connectivity index (χ2v) is 6.70. The number of hydrogen-bond acceptors (Lipinski definition) is 5. The van der Waals surface area contributed by atoms with Crippen molar-refractivity contribution in [3.63, 3.8) is 0 Å². The largest absolute Gasteiger partial charge is 0.373 e. The van der Waals surface area contributed by atoms with Crippen molar-refractivity contribution in [3.8, 4) is 0 Å². The van der Waals surface area contributed by atoms with Crippen molar-refractivity contribution in [2.24, 2.45) is 11.8 Å². The van der Waals surface area contributed by atoms with Gasteiger partial charge in [-0.05, 0) is 32.2 Å². The number of likely N-dealkylation sites (tertiary alicyclic amines) is 1. The third-order valence-electron chi connectivity index (χ3n) is 5.39. The van der Waals surface area contributed by atoms with E-state index in [0.717, 1.165) is 37.1 Å². The summed E-state index contributed by atoms with van der Waals surface area (Å²) in [6.45, 7) is 1.38. The molecule has 4 rings (SSSR count). The third-order valence-corrected chi connectivity index (χ3v) is 5.39. The van der Waals surface area contributed by atoms with Gasteiger partial charge in [-0.3, -0.25) is 19.3 Å². The molecule has 4 fully saturated rings. The Bertz CT molecular complexity index is 489. The number of carbonyl (C=O) groups excluding carboxylic acids is 3. The van der Waals surface area contributed by atoms with Gasteiger partial charge in [0, 0.05) is 12.6 Å². The van der Waals surface area contributed by atoms with Crippen molar-refractivity contribution >= 4 is 17.7 Å². The minimum atomic E-state index is -0.351. The van der Waals surface area contributed by atoms with E-state index < -0.39 is 0 Å². The summed E-state index contributed by atoms with van der Waals surface area (Å²) in [5.74, 6) is -1.41. The van der Waals surface area contributed by atoms with E-state index >= 15 is 0 Å². The van der Waals surface area contributed by atoms with Gasteiger partial charge in [-0.25, -0.2) is 0 Å². The Labute approximate surface area is 128 Å². The first-order chi connectivity index (χ1) is 10.6. The van der Waals surface area contributed by atoms with Gasteiger partial charge in [0.05, 0.1) is 24.0 Å². The normalized spacial score (nSPS) is 39.6. The second kappa shape index (κ2) is 5.31. The number of imide groups is 1. The zero-order valence-corrected chi connectivity index (χ0v) is 12.4. The molecule has 4 heterocycles. The number of ether oxygens (including phenoxy) is 1. The van der Waals surface area contributed by atoms with Crippen LogP contribution in [0.15, 0.2) is 0 Å². The van der Waals surface area contributed by atoms with Crippen LogP contribution in [0.2, 0.25) is 0 Å². The van der Waals surface area contributed by atoms with E-state index in [4.69, 9.17) is 4.74 Å². The van der Waals surface area contributed by atoms with E-state index in [2.05, 4.69) is 10.6 Å². The molecule has 4 aliphatic heterocycles. The highest BCUT2D eigenvalue weighted by Crippen LogP contribution is 2.48. The first-order valence-electron chi connectivity index (χ1n) is 8.16. The fraction of sp³-hybridized carbons (Fsp3) is 0.800. The number of nitrogens with one attached hydrogen (secondary N) is 2. The molecule has 4 aliphatic rings. The molecule has 0 spiro atoms. The van der Waals surface area contributed by atoms with Crippen LogP contribution in [0.4, 0.5) is 0 Å². The molecule has 0 aromatic carbocycles. The summed E-state index contributed by atoms with van der Waals surface area (Å²) in [6.07, 6.45) is 3.61. The van der Waals surface area contributed by atoms with Gasteiger partial charge in [0.15, 0.2) is 0 Å². The smallest absolute Gasteiger partial charge is 0.240 e. The molecule has 3 amide bonds. The molecule has 5 unspecified atom stereocenters. The maximum absolute atomic E-state index is 12.4. The van der Waals surface area contributed by atoms with Gasteiger partial charge in [-0.15, -0.1) is 0 Å². The highest BCUT2D eigenvalue weighted by Gasteiger charge is 2.62. The predicted molar refractivity (Wildman–Crippen MR) is 75.6 cm³/mol. The van der Waals surface area contributed by atoms with Crippen LogP contribution < -0.4 is 10.6 Å². The number of rotatable bonds is 4. The maximum Gasteiger partial charge on any atom is 0.240 e. The van der Waals surface area contributed by atoms with Crippen molar-refractivity contribution in [1.82, 2.24) is 15.5 Å². The predicted octanol–water partition coefficient (Wildman–Crippen LogP) is -0.983. The van der Waals surface area contributed by atoms with Crippen LogP contribution in [-0.4, -0.2) is 60.5 Å². The van der Waals surface area contributed by atoms with Gasteiger partial charge in [0.25, 0.3) is 0 Å². The first-order valence-corrected chi connectivity index (χ1v) is 8.16. The summed E-state index contributed by atoms with van der Waals surface area (Å²) in [7, 11) is 0. The van der Waals surface area contributed by atoms with Crippen LogP contribution >= 0.6 is 0 Å². The molecule has 0 aliphatic carbocycles. The molecule has 2 bridgehead atoms. The lowest BCUT2D eigenvalue weighted by atomic mass is 9.81. The van der Waals surface area contributed by atoms with Gasteiger partial charge in [-0.1, -0.05) is 0 Å². The minimum Gasteiger partial charge on any atom is -0.373 e. The Kier molecular flexibility index (Phi) is 3.41. The van der Waals surface area contributed by atoms with E-state index in [1.165, 1.54) is 0 Å². The summed E-state index contributed by atoms with van der Waals surface area (Å²) in [5, 5.41) is 6.11. The van der Waals surface area contributed by atoms with Crippen LogP contribution in [-0.2, 0) is 19.1 Å². The van der Waals surface area contributed by atoms with Crippen molar-refractivity contribution in [2.45, 2.75) is 43.9 Å².